The average molecular weight is 439 g/mol. The fourth-order valence-corrected chi connectivity index (χ4v) is 5.00. The number of amides is 2. The second-order valence-corrected chi connectivity index (χ2v) is 9.05. The Labute approximate surface area is 170 Å². The second-order valence-electron chi connectivity index (χ2n) is 7.00. The first-order valence-electron chi connectivity index (χ1n) is 9.20. The number of carbonyl (C=O) groups is 2. The van der Waals surface area contributed by atoms with Crippen molar-refractivity contribution in [3.8, 4) is 0 Å². The lowest BCUT2D eigenvalue weighted by atomic mass is 10.1. The van der Waals surface area contributed by atoms with Crippen molar-refractivity contribution in [1.29, 1.82) is 0 Å². The first-order chi connectivity index (χ1) is 14.2. The summed E-state index contributed by atoms with van der Waals surface area (Å²) in [5, 5.41) is 0. The summed E-state index contributed by atoms with van der Waals surface area (Å²) in [5.41, 5.74) is 0.229. The molecule has 1 aromatic carbocycles. The van der Waals surface area contributed by atoms with Crippen LogP contribution >= 0.6 is 0 Å². The van der Waals surface area contributed by atoms with Crippen LogP contribution in [0.5, 0.6) is 0 Å². The SMILES string of the molecule is O=C1c2ccccc2C(=O)N1CCS(=O)(=O)c1c(F)c(F)nc(N2CCCC2)c1F. The maximum absolute atomic E-state index is 14.9. The van der Waals surface area contributed by atoms with Crippen molar-refractivity contribution in [2.24, 2.45) is 0 Å². The summed E-state index contributed by atoms with van der Waals surface area (Å²) in [6.07, 6.45) is 1.36. The molecule has 2 aliphatic rings. The van der Waals surface area contributed by atoms with E-state index in [4.69, 9.17) is 0 Å². The van der Waals surface area contributed by atoms with E-state index in [1.807, 2.05) is 0 Å². The molecule has 0 unspecified atom stereocenters. The predicted octanol–water partition coefficient (Wildman–Crippen LogP) is 2.17. The normalized spacial score (nSPS) is 16.5. The summed E-state index contributed by atoms with van der Waals surface area (Å²) >= 11 is 0. The van der Waals surface area contributed by atoms with E-state index in [1.165, 1.54) is 17.0 Å². The topological polar surface area (TPSA) is 87.7 Å². The van der Waals surface area contributed by atoms with Crippen LogP contribution in [0.2, 0.25) is 0 Å². The van der Waals surface area contributed by atoms with Crippen LogP contribution in [0.3, 0.4) is 0 Å². The number of sulfone groups is 1. The number of hydrogen-bond acceptors (Lipinski definition) is 6. The number of pyridine rings is 1. The number of fused-ring (bicyclic) bond motifs is 1. The van der Waals surface area contributed by atoms with Gasteiger partial charge in [-0.05, 0) is 25.0 Å². The molecule has 11 heteroatoms. The molecule has 2 amide bonds. The quantitative estimate of drug-likeness (QED) is 0.524. The summed E-state index contributed by atoms with van der Waals surface area (Å²) in [4.78, 5) is 28.6. The van der Waals surface area contributed by atoms with Crippen molar-refractivity contribution < 1.29 is 31.2 Å². The molecular formula is C19H16F3N3O4S. The molecular weight excluding hydrogens is 423 g/mol. The molecule has 30 heavy (non-hydrogen) atoms. The molecule has 1 fully saturated rings. The third-order valence-corrected chi connectivity index (χ3v) is 6.86. The van der Waals surface area contributed by atoms with Crippen LogP contribution in [-0.2, 0) is 9.84 Å². The van der Waals surface area contributed by atoms with Gasteiger partial charge in [-0.15, -0.1) is 0 Å². The number of anilines is 1. The molecule has 0 atom stereocenters. The van der Waals surface area contributed by atoms with Gasteiger partial charge < -0.3 is 4.90 Å². The van der Waals surface area contributed by atoms with Gasteiger partial charge in [0.05, 0.1) is 16.9 Å². The zero-order chi connectivity index (χ0) is 21.6. The zero-order valence-corrected chi connectivity index (χ0v) is 16.4. The third kappa shape index (κ3) is 3.22. The standard InChI is InChI=1S/C19H16F3N3O4S/c20-13-15(14(21)17(23-16(13)22)24-7-3-4-8-24)30(28,29)10-9-25-18(26)11-5-1-2-6-12(11)19(25)27/h1-2,5-6H,3-4,7-10H2. The van der Waals surface area contributed by atoms with Gasteiger partial charge in [-0.2, -0.15) is 9.37 Å². The maximum Gasteiger partial charge on any atom is 0.261 e. The van der Waals surface area contributed by atoms with E-state index in [1.54, 1.807) is 12.1 Å². The number of aromatic nitrogens is 1. The zero-order valence-electron chi connectivity index (χ0n) is 15.6. The van der Waals surface area contributed by atoms with Crippen LogP contribution in [0.25, 0.3) is 0 Å². The Morgan fingerprint density at radius 1 is 0.933 bits per heavy atom. The Bertz CT molecular complexity index is 1130. The smallest absolute Gasteiger partial charge is 0.261 e. The minimum Gasteiger partial charge on any atom is -0.354 e. The summed E-state index contributed by atoms with van der Waals surface area (Å²) in [6.45, 7) is 0.0452. The highest BCUT2D eigenvalue weighted by Crippen LogP contribution is 2.31. The average Bonchev–Trinajstić information content (AvgIpc) is 3.32. The molecule has 7 nitrogen and oxygen atoms in total. The van der Waals surface area contributed by atoms with Crippen LogP contribution in [0.4, 0.5) is 19.0 Å². The Morgan fingerprint density at radius 3 is 2.07 bits per heavy atom. The lowest BCUT2D eigenvalue weighted by Crippen LogP contribution is -2.35. The van der Waals surface area contributed by atoms with Gasteiger partial charge in [0.15, 0.2) is 27.3 Å². The van der Waals surface area contributed by atoms with Gasteiger partial charge >= 0.3 is 0 Å². The van der Waals surface area contributed by atoms with Crippen molar-refractivity contribution in [2.75, 3.05) is 30.3 Å². The number of rotatable bonds is 5. The summed E-state index contributed by atoms with van der Waals surface area (Å²) in [5.74, 6) is -8.05. The lowest BCUT2D eigenvalue weighted by Gasteiger charge is -2.19. The number of hydrogen-bond donors (Lipinski definition) is 0. The van der Waals surface area contributed by atoms with Crippen molar-refractivity contribution >= 4 is 27.5 Å². The summed E-state index contributed by atoms with van der Waals surface area (Å²) < 4.78 is 68.5. The highest BCUT2D eigenvalue weighted by Gasteiger charge is 2.38. The number of benzene rings is 1. The highest BCUT2D eigenvalue weighted by molar-refractivity contribution is 7.91. The van der Waals surface area contributed by atoms with Crippen molar-refractivity contribution in [2.45, 2.75) is 17.7 Å². The number of halogens is 3. The molecule has 3 heterocycles. The van der Waals surface area contributed by atoms with Crippen LogP contribution in [0, 0.1) is 17.6 Å². The Hall–Kier alpha value is -2.95. The van der Waals surface area contributed by atoms with Crippen molar-refractivity contribution in [1.82, 2.24) is 9.88 Å². The molecule has 158 valence electrons. The van der Waals surface area contributed by atoms with Crippen LogP contribution in [0.1, 0.15) is 33.6 Å². The molecule has 0 aliphatic carbocycles. The monoisotopic (exact) mass is 439 g/mol. The number of nitrogens with zero attached hydrogens (tertiary/aromatic N) is 3. The molecule has 0 radical (unpaired) electrons. The van der Waals surface area contributed by atoms with Crippen LogP contribution in [0.15, 0.2) is 29.2 Å². The van der Waals surface area contributed by atoms with Gasteiger partial charge in [0.1, 0.15) is 4.90 Å². The van der Waals surface area contributed by atoms with Gasteiger partial charge in [0.2, 0.25) is 0 Å². The Kier molecular flexibility index (Phi) is 5.00. The van der Waals surface area contributed by atoms with Crippen molar-refractivity contribution in [3.05, 3.63) is 53.0 Å². The maximum atomic E-state index is 14.9. The molecule has 2 aromatic rings. The molecule has 0 N–H and O–H groups in total. The number of carbonyl (C=O) groups excluding carboxylic acids is 2. The van der Waals surface area contributed by atoms with Crippen LogP contribution < -0.4 is 4.90 Å². The Morgan fingerprint density at radius 2 is 1.50 bits per heavy atom. The molecule has 0 spiro atoms. The van der Waals surface area contributed by atoms with E-state index in [-0.39, 0.29) is 11.1 Å². The second kappa shape index (κ2) is 7.38. The van der Waals surface area contributed by atoms with Gasteiger partial charge in [0.25, 0.3) is 17.8 Å². The predicted molar refractivity (Wildman–Crippen MR) is 99.4 cm³/mol. The summed E-state index contributed by atoms with van der Waals surface area (Å²) in [7, 11) is -4.72. The minimum atomic E-state index is -4.72. The molecule has 1 saturated heterocycles. The van der Waals surface area contributed by atoms with E-state index >= 15 is 0 Å². The largest absolute Gasteiger partial charge is 0.354 e. The molecule has 4 rings (SSSR count). The Balaban J connectivity index is 1.63. The van der Waals surface area contributed by atoms with E-state index in [0.29, 0.717) is 30.8 Å². The van der Waals surface area contributed by atoms with E-state index in [0.717, 1.165) is 0 Å². The molecule has 1 aromatic heterocycles. The third-order valence-electron chi connectivity index (χ3n) is 5.16. The fraction of sp³-hybridized carbons (Fsp3) is 0.316. The fourth-order valence-electron chi connectivity index (χ4n) is 3.65. The van der Waals surface area contributed by atoms with Crippen molar-refractivity contribution in [3.63, 3.8) is 0 Å². The lowest BCUT2D eigenvalue weighted by molar-refractivity contribution is 0.0664. The van der Waals surface area contributed by atoms with Gasteiger partial charge in [-0.3, -0.25) is 14.5 Å². The summed E-state index contributed by atoms with van der Waals surface area (Å²) in [6, 6.07) is 5.94. The first kappa shape index (κ1) is 20.3. The number of imide groups is 1. The van der Waals surface area contributed by atoms with E-state index in [2.05, 4.69) is 4.98 Å². The minimum absolute atomic E-state index is 0.114. The van der Waals surface area contributed by atoms with Gasteiger partial charge in [-0.25, -0.2) is 17.2 Å². The van der Waals surface area contributed by atoms with E-state index in [9.17, 15) is 31.2 Å². The highest BCUT2D eigenvalue weighted by atomic mass is 32.2. The van der Waals surface area contributed by atoms with E-state index < -0.39 is 62.2 Å². The molecule has 0 bridgehead atoms. The first-order valence-corrected chi connectivity index (χ1v) is 10.8. The molecule has 0 saturated carbocycles. The van der Waals surface area contributed by atoms with Gasteiger partial charge in [-0.1, -0.05) is 12.1 Å². The van der Waals surface area contributed by atoms with Crippen LogP contribution in [-0.4, -0.2) is 55.5 Å². The molecule has 2 aliphatic heterocycles. The van der Waals surface area contributed by atoms with Gasteiger partial charge in [0, 0.05) is 19.6 Å².